The van der Waals surface area contributed by atoms with Gasteiger partial charge in [0.2, 0.25) is 5.88 Å². The van der Waals surface area contributed by atoms with Gasteiger partial charge in [-0.1, -0.05) is 0 Å². The van der Waals surface area contributed by atoms with Gasteiger partial charge in [0.15, 0.2) is 0 Å². The summed E-state index contributed by atoms with van der Waals surface area (Å²) in [5.74, 6) is 2.78. The number of hydrogen-bond acceptors (Lipinski definition) is 5. The molecule has 0 atom stereocenters. The molecule has 2 fully saturated rings. The summed E-state index contributed by atoms with van der Waals surface area (Å²) in [6, 6.07) is 3.78. The highest BCUT2D eigenvalue weighted by molar-refractivity contribution is 5.53. The number of hydrogen-bond donors (Lipinski definition) is 2. The summed E-state index contributed by atoms with van der Waals surface area (Å²) in [6.07, 6.45) is 4.77. The molecule has 1 aromatic heterocycles. The molecule has 1 aliphatic carbocycles. The smallest absolute Gasteiger partial charge is 0.239 e. The minimum absolute atomic E-state index is 0.564. The fourth-order valence-corrected chi connectivity index (χ4v) is 2.35. The van der Waals surface area contributed by atoms with Crippen LogP contribution in [0.1, 0.15) is 25.7 Å². The molecule has 0 amide bonds. The van der Waals surface area contributed by atoms with E-state index in [-0.39, 0.29) is 0 Å². The molecule has 2 aliphatic rings. The lowest BCUT2D eigenvalue weighted by atomic mass is 10.0. The third kappa shape index (κ3) is 3.76. The van der Waals surface area contributed by atoms with E-state index in [0.717, 1.165) is 45.0 Å². The van der Waals surface area contributed by atoms with Gasteiger partial charge in [-0.15, -0.1) is 0 Å². The number of nitrogen functional groups attached to an aromatic ring is 1. The van der Waals surface area contributed by atoms with Crippen molar-refractivity contribution in [2.75, 3.05) is 37.4 Å². The van der Waals surface area contributed by atoms with Crippen LogP contribution in [0.25, 0.3) is 0 Å². The number of anilines is 2. The average Bonchev–Trinajstić information content (AvgIpc) is 3.30. The standard InChI is InChI=1S/C15H23N3O2/c16-13-3-4-14(17-9-11-5-7-19-8-6-11)18-15(13)20-10-12-1-2-12/h3-4,11-12H,1-2,5-10,16H2,(H,17,18). The van der Waals surface area contributed by atoms with Crippen LogP contribution >= 0.6 is 0 Å². The number of nitrogens with zero attached hydrogens (tertiary/aromatic N) is 1. The quantitative estimate of drug-likeness (QED) is 0.835. The first-order valence-electron chi connectivity index (χ1n) is 7.52. The third-order valence-corrected chi connectivity index (χ3v) is 3.96. The molecule has 5 nitrogen and oxygen atoms in total. The fraction of sp³-hybridized carbons (Fsp3) is 0.667. The van der Waals surface area contributed by atoms with Crippen LogP contribution in [0.4, 0.5) is 11.5 Å². The Morgan fingerprint density at radius 1 is 1.20 bits per heavy atom. The van der Waals surface area contributed by atoms with Crippen LogP contribution in [0.2, 0.25) is 0 Å². The maximum atomic E-state index is 5.90. The maximum absolute atomic E-state index is 5.90. The molecular formula is C15H23N3O2. The van der Waals surface area contributed by atoms with E-state index >= 15 is 0 Å². The summed E-state index contributed by atoms with van der Waals surface area (Å²) in [7, 11) is 0. The molecule has 3 rings (SSSR count). The molecule has 110 valence electrons. The Morgan fingerprint density at radius 2 is 2.00 bits per heavy atom. The van der Waals surface area contributed by atoms with Crippen LogP contribution in [-0.2, 0) is 4.74 Å². The Balaban J connectivity index is 1.53. The highest BCUT2D eigenvalue weighted by Crippen LogP contribution is 2.30. The Bertz CT molecular complexity index is 443. The van der Waals surface area contributed by atoms with Crippen molar-refractivity contribution in [2.24, 2.45) is 11.8 Å². The summed E-state index contributed by atoms with van der Waals surface area (Å²) in [5.41, 5.74) is 6.52. The Kier molecular flexibility index (Phi) is 4.25. The normalized spacial score (nSPS) is 19.8. The highest BCUT2D eigenvalue weighted by atomic mass is 16.5. The van der Waals surface area contributed by atoms with E-state index < -0.39 is 0 Å². The fourth-order valence-electron chi connectivity index (χ4n) is 2.35. The number of nitrogens with two attached hydrogens (primary N) is 1. The van der Waals surface area contributed by atoms with Crippen molar-refractivity contribution in [3.05, 3.63) is 12.1 Å². The first-order chi connectivity index (χ1) is 9.81. The van der Waals surface area contributed by atoms with Gasteiger partial charge >= 0.3 is 0 Å². The number of nitrogens with one attached hydrogen (secondary N) is 1. The number of rotatable bonds is 6. The van der Waals surface area contributed by atoms with Crippen LogP contribution in [0, 0.1) is 11.8 Å². The second-order valence-electron chi connectivity index (χ2n) is 5.78. The molecule has 1 aromatic rings. The topological polar surface area (TPSA) is 69.4 Å². The second-order valence-corrected chi connectivity index (χ2v) is 5.78. The van der Waals surface area contributed by atoms with Gasteiger partial charge in [0.05, 0.1) is 12.3 Å². The lowest BCUT2D eigenvalue weighted by molar-refractivity contribution is 0.0699. The molecule has 1 aliphatic heterocycles. The molecule has 0 aromatic carbocycles. The molecule has 0 radical (unpaired) electrons. The molecule has 1 saturated carbocycles. The average molecular weight is 277 g/mol. The van der Waals surface area contributed by atoms with Crippen molar-refractivity contribution < 1.29 is 9.47 Å². The van der Waals surface area contributed by atoms with Crippen molar-refractivity contribution in [3.63, 3.8) is 0 Å². The Morgan fingerprint density at radius 3 is 2.75 bits per heavy atom. The van der Waals surface area contributed by atoms with Gasteiger partial charge in [-0.25, -0.2) is 0 Å². The molecule has 3 N–H and O–H groups in total. The van der Waals surface area contributed by atoms with E-state index in [2.05, 4.69) is 10.3 Å². The van der Waals surface area contributed by atoms with E-state index in [1.165, 1.54) is 12.8 Å². The Labute approximate surface area is 119 Å². The summed E-state index contributed by atoms with van der Waals surface area (Å²) in [4.78, 5) is 4.47. The zero-order chi connectivity index (χ0) is 13.8. The van der Waals surface area contributed by atoms with E-state index in [0.29, 0.717) is 23.4 Å². The van der Waals surface area contributed by atoms with Crippen LogP contribution in [0.5, 0.6) is 5.88 Å². The predicted octanol–water partition coefficient (Wildman–Crippen LogP) is 2.29. The van der Waals surface area contributed by atoms with Crippen LogP contribution in [0.3, 0.4) is 0 Å². The van der Waals surface area contributed by atoms with Gasteiger partial charge in [0.1, 0.15) is 5.82 Å². The highest BCUT2D eigenvalue weighted by Gasteiger charge is 2.22. The summed E-state index contributed by atoms with van der Waals surface area (Å²) in [5, 5.41) is 3.38. The van der Waals surface area contributed by atoms with Crippen LogP contribution < -0.4 is 15.8 Å². The van der Waals surface area contributed by atoms with Crippen molar-refractivity contribution in [2.45, 2.75) is 25.7 Å². The van der Waals surface area contributed by atoms with Crippen molar-refractivity contribution in [1.82, 2.24) is 4.98 Å². The SMILES string of the molecule is Nc1ccc(NCC2CCOCC2)nc1OCC1CC1. The zero-order valence-corrected chi connectivity index (χ0v) is 11.8. The van der Waals surface area contributed by atoms with Crippen molar-refractivity contribution in [1.29, 1.82) is 0 Å². The minimum atomic E-state index is 0.564. The van der Waals surface area contributed by atoms with Crippen LogP contribution in [0.15, 0.2) is 12.1 Å². The number of aromatic nitrogens is 1. The molecule has 0 unspecified atom stereocenters. The summed E-state index contributed by atoms with van der Waals surface area (Å²) < 4.78 is 11.1. The van der Waals surface area contributed by atoms with Gasteiger partial charge in [-0.05, 0) is 49.7 Å². The van der Waals surface area contributed by atoms with Crippen molar-refractivity contribution >= 4 is 11.5 Å². The van der Waals surface area contributed by atoms with E-state index in [1.807, 2.05) is 12.1 Å². The van der Waals surface area contributed by atoms with Gasteiger partial charge in [-0.2, -0.15) is 4.98 Å². The van der Waals surface area contributed by atoms with Gasteiger partial charge in [0, 0.05) is 19.8 Å². The largest absolute Gasteiger partial charge is 0.476 e. The lowest BCUT2D eigenvalue weighted by Gasteiger charge is -2.22. The number of pyridine rings is 1. The van der Waals surface area contributed by atoms with Gasteiger partial charge < -0.3 is 20.5 Å². The molecule has 1 saturated heterocycles. The second kappa shape index (κ2) is 6.31. The molecular weight excluding hydrogens is 254 g/mol. The predicted molar refractivity (Wildman–Crippen MR) is 78.9 cm³/mol. The molecule has 2 heterocycles. The number of ether oxygens (including phenoxy) is 2. The van der Waals surface area contributed by atoms with Crippen molar-refractivity contribution in [3.8, 4) is 5.88 Å². The summed E-state index contributed by atoms with van der Waals surface area (Å²) >= 11 is 0. The zero-order valence-electron chi connectivity index (χ0n) is 11.8. The third-order valence-electron chi connectivity index (χ3n) is 3.96. The molecule has 0 spiro atoms. The van der Waals surface area contributed by atoms with E-state index in [9.17, 15) is 0 Å². The van der Waals surface area contributed by atoms with Gasteiger partial charge in [0.25, 0.3) is 0 Å². The Hall–Kier alpha value is -1.49. The first kappa shape index (κ1) is 13.5. The molecule has 0 bridgehead atoms. The van der Waals surface area contributed by atoms with Gasteiger partial charge in [-0.3, -0.25) is 0 Å². The lowest BCUT2D eigenvalue weighted by Crippen LogP contribution is -2.23. The first-order valence-corrected chi connectivity index (χ1v) is 7.52. The molecule has 20 heavy (non-hydrogen) atoms. The van der Waals surface area contributed by atoms with E-state index in [4.69, 9.17) is 15.2 Å². The molecule has 5 heteroatoms. The van der Waals surface area contributed by atoms with Crippen LogP contribution in [-0.4, -0.2) is 31.3 Å². The minimum Gasteiger partial charge on any atom is -0.476 e. The maximum Gasteiger partial charge on any atom is 0.239 e. The van der Waals surface area contributed by atoms with E-state index in [1.54, 1.807) is 0 Å². The summed E-state index contributed by atoms with van der Waals surface area (Å²) in [6.45, 7) is 3.41. The monoisotopic (exact) mass is 277 g/mol.